The van der Waals surface area contributed by atoms with Crippen LogP contribution in [0, 0.1) is 0 Å². The van der Waals surface area contributed by atoms with Gasteiger partial charge in [-0.25, -0.2) is 4.79 Å². The van der Waals surface area contributed by atoms with Gasteiger partial charge >= 0.3 is 6.03 Å². The number of fused-ring (bicyclic) bond motifs is 1. The summed E-state index contributed by atoms with van der Waals surface area (Å²) in [5, 5.41) is 14.0. The zero-order valence-corrected chi connectivity index (χ0v) is 9.79. The Hall–Kier alpha value is -2.41. The summed E-state index contributed by atoms with van der Waals surface area (Å²) in [7, 11) is 0. The number of carbonyl (C=O) groups excluding carboxylic acids is 3. The number of benzene rings is 1. The van der Waals surface area contributed by atoms with Gasteiger partial charge in [-0.2, -0.15) is 0 Å². The van der Waals surface area contributed by atoms with Crippen molar-refractivity contribution in [3.05, 3.63) is 35.4 Å². The van der Waals surface area contributed by atoms with Crippen LogP contribution in [-0.4, -0.2) is 40.1 Å². The van der Waals surface area contributed by atoms with Crippen LogP contribution in [0.15, 0.2) is 24.3 Å². The second kappa shape index (κ2) is 4.06. The topological polar surface area (TPSA) is 98.7 Å². The van der Waals surface area contributed by atoms with Gasteiger partial charge in [0.25, 0.3) is 11.8 Å². The molecule has 2 heterocycles. The van der Waals surface area contributed by atoms with E-state index in [1.54, 1.807) is 24.3 Å². The van der Waals surface area contributed by atoms with Crippen LogP contribution < -0.4 is 10.6 Å². The molecule has 0 radical (unpaired) electrons. The Morgan fingerprint density at radius 1 is 1.21 bits per heavy atom. The predicted molar refractivity (Wildman–Crippen MR) is 62.8 cm³/mol. The average molecular weight is 261 g/mol. The molecule has 7 nitrogen and oxygen atoms in total. The molecule has 0 aliphatic carbocycles. The second-order valence-corrected chi connectivity index (χ2v) is 4.44. The highest BCUT2D eigenvalue weighted by atomic mass is 16.3. The van der Waals surface area contributed by atoms with Crippen LogP contribution in [-0.2, 0) is 11.3 Å². The summed E-state index contributed by atoms with van der Waals surface area (Å²) in [4.78, 5) is 36.3. The van der Waals surface area contributed by atoms with E-state index in [0.29, 0.717) is 5.56 Å². The van der Waals surface area contributed by atoms with Crippen LogP contribution in [0.2, 0.25) is 0 Å². The lowest BCUT2D eigenvalue weighted by molar-refractivity contribution is -0.131. The van der Waals surface area contributed by atoms with Gasteiger partial charge in [0.05, 0.1) is 0 Å². The third-order valence-corrected chi connectivity index (χ3v) is 3.27. The summed E-state index contributed by atoms with van der Waals surface area (Å²) >= 11 is 0. The number of imide groups is 1. The van der Waals surface area contributed by atoms with Crippen molar-refractivity contribution < 1.29 is 19.5 Å². The molecule has 2 aliphatic rings. The maximum absolute atomic E-state index is 12.2. The van der Waals surface area contributed by atoms with Gasteiger partial charge in [-0.05, 0) is 11.6 Å². The Morgan fingerprint density at radius 3 is 2.63 bits per heavy atom. The molecule has 4 amide bonds. The third-order valence-electron chi connectivity index (χ3n) is 3.27. The van der Waals surface area contributed by atoms with E-state index in [1.807, 2.05) is 5.32 Å². The predicted octanol–water partition coefficient (Wildman–Crippen LogP) is -0.831. The van der Waals surface area contributed by atoms with E-state index in [0.717, 1.165) is 5.56 Å². The minimum absolute atomic E-state index is 0.236. The highest BCUT2D eigenvalue weighted by molar-refractivity contribution is 6.05. The summed E-state index contributed by atoms with van der Waals surface area (Å²) in [6.45, 7) is 0.236. The van der Waals surface area contributed by atoms with Crippen LogP contribution in [0.3, 0.4) is 0 Å². The fraction of sp³-hybridized carbons (Fsp3) is 0.250. The third kappa shape index (κ3) is 1.75. The van der Waals surface area contributed by atoms with Crippen molar-refractivity contribution in [3.63, 3.8) is 0 Å². The van der Waals surface area contributed by atoms with Gasteiger partial charge in [0.15, 0.2) is 12.3 Å². The maximum Gasteiger partial charge on any atom is 0.323 e. The monoisotopic (exact) mass is 261 g/mol. The lowest BCUT2D eigenvalue weighted by Gasteiger charge is -2.33. The van der Waals surface area contributed by atoms with Crippen LogP contribution in [0.5, 0.6) is 0 Å². The number of urea groups is 1. The molecule has 1 fully saturated rings. The molecule has 0 bridgehead atoms. The van der Waals surface area contributed by atoms with Crippen molar-refractivity contribution in [2.45, 2.75) is 18.8 Å². The van der Waals surface area contributed by atoms with Gasteiger partial charge < -0.3 is 15.3 Å². The Kier molecular flexibility index (Phi) is 2.49. The zero-order valence-electron chi connectivity index (χ0n) is 9.79. The lowest BCUT2D eigenvalue weighted by Crippen LogP contribution is -2.66. The molecular weight excluding hydrogens is 250 g/mol. The number of hydrogen-bond donors (Lipinski definition) is 3. The molecule has 2 unspecified atom stereocenters. The number of carbonyl (C=O) groups is 3. The molecule has 98 valence electrons. The first-order valence-electron chi connectivity index (χ1n) is 5.76. The fourth-order valence-electron chi connectivity index (χ4n) is 2.39. The quantitative estimate of drug-likeness (QED) is 0.614. The molecule has 1 aromatic rings. The number of rotatable bonds is 1. The molecule has 1 aromatic carbocycles. The van der Waals surface area contributed by atoms with Crippen molar-refractivity contribution >= 4 is 17.8 Å². The number of nitrogens with zero attached hydrogens (tertiary/aromatic N) is 1. The van der Waals surface area contributed by atoms with Crippen LogP contribution >= 0.6 is 0 Å². The molecule has 7 heteroatoms. The number of aliphatic hydroxyl groups is 1. The lowest BCUT2D eigenvalue weighted by atomic mass is 10.1. The normalized spacial score (nSPS) is 25.9. The van der Waals surface area contributed by atoms with Crippen molar-refractivity contribution in [2.24, 2.45) is 0 Å². The smallest absolute Gasteiger partial charge is 0.323 e. The second-order valence-electron chi connectivity index (χ2n) is 4.44. The largest absolute Gasteiger partial charge is 0.371 e. The van der Waals surface area contributed by atoms with Gasteiger partial charge in [0.1, 0.15) is 0 Å². The number of nitrogens with one attached hydrogen (secondary N) is 2. The fourth-order valence-corrected chi connectivity index (χ4v) is 2.39. The summed E-state index contributed by atoms with van der Waals surface area (Å²) in [6, 6.07) is 5.12. The number of hydrogen-bond acceptors (Lipinski definition) is 4. The maximum atomic E-state index is 12.2. The number of amides is 4. The van der Waals surface area contributed by atoms with E-state index in [2.05, 4.69) is 5.32 Å². The molecule has 19 heavy (non-hydrogen) atoms. The molecule has 2 aliphatic heterocycles. The molecule has 0 saturated carbocycles. The minimum Gasteiger partial charge on any atom is -0.371 e. The van der Waals surface area contributed by atoms with Gasteiger partial charge in [-0.3, -0.25) is 14.9 Å². The van der Waals surface area contributed by atoms with Gasteiger partial charge in [-0.1, -0.05) is 18.2 Å². The highest BCUT2D eigenvalue weighted by Crippen LogP contribution is 2.25. The van der Waals surface area contributed by atoms with Gasteiger partial charge in [-0.15, -0.1) is 0 Å². The first-order chi connectivity index (χ1) is 9.08. The standard InChI is InChI=1S/C12H11N3O4/c16-9-8(10(17)14-12(19)13-9)15-5-6-3-1-2-4-7(6)11(15)18/h1-4,8-9,16H,5H2,(H2,13,14,17,19). The molecule has 1 saturated heterocycles. The minimum atomic E-state index is -1.40. The number of aliphatic hydroxyl groups excluding tert-OH is 1. The highest BCUT2D eigenvalue weighted by Gasteiger charge is 2.43. The Balaban J connectivity index is 1.91. The summed E-state index contributed by atoms with van der Waals surface area (Å²) in [5.74, 6) is -1.01. The molecule has 3 rings (SSSR count). The van der Waals surface area contributed by atoms with E-state index in [4.69, 9.17) is 0 Å². The van der Waals surface area contributed by atoms with E-state index < -0.39 is 24.2 Å². The van der Waals surface area contributed by atoms with E-state index in [9.17, 15) is 19.5 Å². The Bertz CT molecular complexity index is 586. The summed E-state index contributed by atoms with van der Waals surface area (Å²) < 4.78 is 0. The van der Waals surface area contributed by atoms with Crippen LogP contribution in [0.4, 0.5) is 4.79 Å². The van der Waals surface area contributed by atoms with Crippen molar-refractivity contribution in [2.75, 3.05) is 0 Å². The van der Waals surface area contributed by atoms with Crippen LogP contribution in [0.1, 0.15) is 15.9 Å². The van der Waals surface area contributed by atoms with E-state index in [1.165, 1.54) is 4.90 Å². The zero-order chi connectivity index (χ0) is 13.6. The summed E-state index contributed by atoms with van der Waals surface area (Å²) in [6.07, 6.45) is -1.40. The van der Waals surface area contributed by atoms with Crippen molar-refractivity contribution in [3.8, 4) is 0 Å². The van der Waals surface area contributed by atoms with Crippen molar-refractivity contribution in [1.82, 2.24) is 15.5 Å². The first kappa shape index (κ1) is 11.7. The molecular formula is C12H11N3O4. The van der Waals surface area contributed by atoms with Gasteiger partial charge in [0.2, 0.25) is 0 Å². The molecule has 0 aromatic heterocycles. The van der Waals surface area contributed by atoms with E-state index >= 15 is 0 Å². The Labute approximate surface area is 108 Å². The Morgan fingerprint density at radius 2 is 1.95 bits per heavy atom. The van der Waals surface area contributed by atoms with Gasteiger partial charge in [0, 0.05) is 12.1 Å². The van der Waals surface area contributed by atoms with E-state index in [-0.39, 0.29) is 12.5 Å². The molecule has 3 N–H and O–H groups in total. The average Bonchev–Trinajstić information content (AvgIpc) is 2.66. The van der Waals surface area contributed by atoms with Crippen LogP contribution in [0.25, 0.3) is 0 Å². The van der Waals surface area contributed by atoms with Crippen molar-refractivity contribution in [1.29, 1.82) is 0 Å². The molecule has 0 spiro atoms. The first-order valence-corrected chi connectivity index (χ1v) is 5.76. The molecule has 2 atom stereocenters. The SMILES string of the molecule is O=C1NC(=O)C(N2Cc3ccccc3C2=O)C(O)N1. The summed E-state index contributed by atoms with van der Waals surface area (Å²) in [5.41, 5.74) is 1.31.